The summed E-state index contributed by atoms with van der Waals surface area (Å²) in [4.78, 5) is 0. The molecule has 1 aliphatic rings. The van der Waals surface area contributed by atoms with Gasteiger partial charge in [0, 0.05) is 0 Å². The van der Waals surface area contributed by atoms with Gasteiger partial charge in [0.1, 0.15) is 5.60 Å². The van der Waals surface area contributed by atoms with Crippen LogP contribution >= 0.6 is 0 Å². The molecule has 18 heavy (non-hydrogen) atoms. The molecule has 1 saturated carbocycles. The van der Waals surface area contributed by atoms with Gasteiger partial charge in [-0.25, -0.2) is 0 Å². The molecule has 92 valence electrons. The van der Waals surface area contributed by atoms with Crippen molar-refractivity contribution in [2.75, 3.05) is 0 Å². The van der Waals surface area contributed by atoms with Gasteiger partial charge in [0.15, 0.2) is 0 Å². The Bertz CT molecular complexity index is 491. The Morgan fingerprint density at radius 2 is 1.89 bits per heavy atom. The molecule has 3 N–H and O–H groups in total. The van der Waals surface area contributed by atoms with E-state index in [2.05, 4.69) is 6.07 Å². The minimum Gasteiger partial charge on any atom is -0.424 e. The maximum Gasteiger partial charge on any atom is 0.480 e. The van der Waals surface area contributed by atoms with Crippen LogP contribution in [0.1, 0.15) is 18.4 Å². The van der Waals surface area contributed by atoms with Gasteiger partial charge in [-0.3, -0.25) is 0 Å². The van der Waals surface area contributed by atoms with E-state index in [-0.39, 0.29) is 0 Å². The Kier molecular flexibility index (Phi) is 3.27. The highest BCUT2D eigenvalue weighted by Gasteiger charge is 2.59. The zero-order chi connectivity index (χ0) is 13.2. The highest BCUT2D eigenvalue weighted by Crippen LogP contribution is 2.58. The van der Waals surface area contributed by atoms with Gasteiger partial charge < -0.3 is 15.2 Å². The van der Waals surface area contributed by atoms with Gasteiger partial charge in [0.2, 0.25) is 0 Å². The van der Waals surface area contributed by atoms with Crippen LogP contribution in [0.25, 0.3) is 0 Å². The summed E-state index contributed by atoms with van der Waals surface area (Å²) < 4.78 is 0. The topological polar surface area (TPSA) is 84.5 Å². The molecular weight excluding hydrogens is 229 g/mol. The molecule has 0 unspecified atom stereocenters. The predicted octanol–water partition coefficient (Wildman–Crippen LogP) is 0.746. The molecular formula is C13H14BNO3. The molecule has 1 aromatic rings. The first kappa shape index (κ1) is 12.8. The number of aliphatic hydroxyl groups is 1. The Hall–Kier alpha value is -1.61. The smallest absolute Gasteiger partial charge is 0.424 e. The molecule has 0 aliphatic heterocycles. The molecule has 1 atom stereocenters. The van der Waals surface area contributed by atoms with Crippen molar-refractivity contribution in [3.8, 4) is 6.07 Å². The number of hydrogen-bond acceptors (Lipinski definition) is 4. The normalized spacial score (nSPS) is 20.1. The molecule has 1 aromatic carbocycles. The van der Waals surface area contributed by atoms with Crippen LogP contribution in [-0.4, -0.2) is 22.3 Å². The monoisotopic (exact) mass is 243 g/mol. The van der Waals surface area contributed by atoms with E-state index < -0.39 is 18.1 Å². The third-order valence-corrected chi connectivity index (χ3v) is 3.42. The Morgan fingerprint density at radius 1 is 1.28 bits per heavy atom. The summed E-state index contributed by atoms with van der Waals surface area (Å²) in [5, 5.41) is 37.8. The first-order valence-corrected chi connectivity index (χ1v) is 5.79. The van der Waals surface area contributed by atoms with Gasteiger partial charge in [-0.1, -0.05) is 42.4 Å². The molecule has 0 saturated heterocycles. The summed E-state index contributed by atoms with van der Waals surface area (Å²) in [6.45, 7) is 0. The number of hydrogen-bond donors (Lipinski definition) is 3. The standard InChI is InChI=1S/C13H14BNO3/c15-10-12(6-7-12)13(16,8-9-14(17)18)11-4-2-1-3-5-11/h1-5,8-9,16-18H,6-7H2/b9-8+/t13-/m0/s1. The summed E-state index contributed by atoms with van der Waals surface area (Å²) in [6, 6.07) is 11.0. The predicted molar refractivity (Wildman–Crippen MR) is 67.0 cm³/mol. The molecule has 1 aliphatic carbocycles. The van der Waals surface area contributed by atoms with Crippen LogP contribution in [0.5, 0.6) is 0 Å². The van der Waals surface area contributed by atoms with E-state index >= 15 is 0 Å². The van der Waals surface area contributed by atoms with Crippen LogP contribution < -0.4 is 0 Å². The molecule has 2 rings (SSSR count). The summed E-state index contributed by atoms with van der Waals surface area (Å²) in [7, 11) is -1.64. The second-order valence-corrected chi connectivity index (χ2v) is 4.60. The number of nitriles is 1. The number of benzene rings is 1. The lowest BCUT2D eigenvalue weighted by molar-refractivity contribution is 0.0351. The van der Waals surface area contributed by atoms with Gasteiger partial charge >= 0.3 is 7.12 Å². The molecule has 4 nitrogen and oxygen atoms in total. The van der Waals surface area contributed by atoms with Crippen LogP contribution in [-0.2, 0) is 5.60 Å². The summed E-state index contributed by atoms with van der Waals surface area (Å²) in [5.41, 5.74) is -1.76. The fourth-order valence-electron chi connectivity index (χ4n) is 2.15. The largest absolute Gasteiger partial charge is 0.480 e. The van der Waals surface area contributed by atoms with Crippen molar-refractivity contribution in [3.63, 3.8) is 0 Å². The average Bonchev–Trinajstić information content (AvgIpc) is 3.18. The quantitative estimate of drug-likeness (QED) is 0.681. The van der Waals surface area contributed by atoms with E-state index in [1.54, 1.807) is 24.3 Å². The van der Waals surface area contributed by atoms with Crippen LogP contribution in [0.4, 0.5) is 0 Å². The van der Waals surface area contributed by atoms with Gasteiger partial charge in [0.25, 0.3) is 0 Å². The molecule has 0 bridgehead atoms. The van der Waals surface area contributed by atoms with Crippen LogP contribution in [0.2, 0.25) is 0 Å². The van der Waals surface area contributed by atoms with E-state index in [0.717, 1.165) is 5.98 Å². The van der Waals surface area contributed by atoms with Crippen molar-refractivity contribution in [1.82, 2.24) is 0 Å². The minimum atomic E-state index is -1.64. The van der Waals surface area contributed by atoms with Gasteiger partial charge in [0.05, 0.1) is 11.5 Å². The number of nitrogens with zero attached hydrogens (tertiary/aromatic N) is 1. The first-order chi connectivity index (χ1) is 8.54. The van der Waals surface area contributed by atoms with Crippen LogP contribution in [0.15, 0.2) is 42.4 Å². The maximum absolute atomic E-state index is 10.8. The highest BCUT2D eigenvalue weighted by atomic mass is 16.4. The van der Waals surface area contributed by atoms with Gasteiger partial charge in [-0.15, -0.1) is 0 Å². The molecule has 5 heteroatoms. The third-order valence-electron chi connectivity index (χ3n) is 3.42. The van der Waals surface area contributed by atoms with Crippen LogP contribution in [0.3, 0.4) is 0 Å². The lowest BCUT2D eigenvalue weighted by atomic mass is 9.76. The van der Waals surface area contributed by atoms with Crippen molar-refractivity contribution in [2.24, 2.45) is 5.41 Å². The van der Waals surface area contributed by atoms with Crippen molar-refractivity contribution in [2.45, 2.75) is 18.4 Å². The van der Waals surface area contributed by atoms with E-state index in [0.29, 0.717) is 18.4 Å². The molecule has 0 radical (unpaired) electrons. The van der Waals surface area contributed by atoms with Crippen molar-refractivity contribution in [3.05, 3.63) is 47.9 Å². The fourth-order valence-corrected chi connectivity index (χ4v) is 2.15. The maximum atomic E-state index is 10.8. The third kappa shape index (κ3) is 2.06. The van der Waals surface area contributed by atoms with Crippen molar-refractivity contribution >= 4 is 7.12 Å². The van der Waals surface area contributed by atoms with Crippen molar-refractivity contribution in [1.29, 1.82) is 5.26 Å². The summed E-state index contributed by atoms with van der Waals surface area (Å²) in [6.07, 6.45) is 2.50. The van der Waals surface area contributed by atoms with E-state index in [9.17, 15) is 10.4 Å². The SMILES string of the molecule is N#CC1([C@](O)(/C=C/B(O)O)c2ccccc2)CC1. The lowest BCUT2D eigenvalue weighted by Crippen LogP contribution is -2.34. The molecule has 0 amide bonds. The van der Waals surface area contributed by atoms with E-state index in [1.807, 2.05) is 6.07 Å². The van der Waals surface area contributed by atoms with Crippen LogP contribution in [0, 0.1) is 16.7 Å². The zero-order valence-corrected chi connectivity index (χ0v) is 9.82. The molecule has 0 aromatic heterocycles. The number of rotatable bonds is 4. The average molecular weight is 243 g/mol. The van der Waals surface area contributed by atoms with Gasteiger partial charge in [-0.05, 0) is 18.4 Å². The lowest BCUT2D eigenvalue weighted by Gasteiger charge is -2.30. The van der Waals surface area contributed by atoms with E-state index in [4.69, 9.17) is 10.0 Å². The van der Waals surface area contributed by atoms with Gasteiger partial charge in [-0.2, -0.15) is 5.26 Å². The van der Waals surface area contributed by atoms with E-state index in [1.165, 1.54) is 6.08 Å². The molecule has 0 spiro atoms. The Labute approximate surface area is 106 Å². The summed E-state index contributed by atoms with van der Waals surface area (Å²) in [5.74, 6) is 1.09. The fraction of sp³-hybridized carbons (Fsp3) is 0.308. The minimum absolute atomic E-state index is 0.584. The first-order valence-electron chi connectivity index (χ1n) is 5.79. The van der Waals surface area contributed by atoms with Crippen molar-refractivity contribution < 1.29 is 15.2 Å². The molecule has 0 heterocycles. The second-order valence-electron chi connectivity index (χ2n) is 4.60. The Balaban J connectivity index is 2.45. The Morgan fingerprint density at radius 3 is 2.33 bits per heavy atom. The molecule has 1 fully saturated rings. The highest BCUT2D eigenvalue weighted by molar-refractivity contribution is 6.47. The second kappa shape index (κ2) is 4.58. The summed E-state index contributed by atoms with van der Waals surface area (Å²) >= 11 is 0. The zero-order valence-electron chi connectivity index (χ0n) is 9.82.